The number of pyridine rings is 1. The van der Waals surface area contributed by atoms with Gasteiger partial charge in [0.05, 0.1) is 0 Å². The summed E-state index contributed by atoms with van der Waals surface area (Å²) in [5.41, 5.74) is -4.48. The fraction of sp³-hybridized carbons (Fsp3) is 0.200. The summed E-state index contributed by atoms with van der Waals surface area (Å²) >= 11 is 7.07. The number of alkyl halides is 3. The molecule has 3 aromatic rings. The Morgan fingerprint density at radius 3 is 2.49 bits per heavy atom. The molecular formula is C20H15ClF4N4O5S. The lowest BCUT2D eigenvalue weighted by Gasteiger charge is -2.15. The van der Waals surface area contributed by atoms with Crippen LogP contribution in [0.4, 0.5) is 17.6 Å². The summed E-state index contributed by atoms with van der Waals surface area (Å²) in [6.45, 7) is -0.367. The highest BCUT2D eigenvalue weighted by Gasteiger charge is 2.35. The topological polar surface area (TPSA) is 104 Å². The molecule has 3 rings (SSSR count). The fourth-order valence-electron chi connectivity index (χ4n) is 2.81. The summed E-state index contributed by atoms with van der Waals surface area (Å²) < 4.78 is 67.6. The average Bonchev–Trinajstić information content (AvgIpc) is 2.78. The van der Waals surface area contributed by atoms with Crippen molar-refractivity contribution in [1.29, 1.82) is 0 Å². The number of nitrogens with zero attached hydrogens (tertiary/aromatic N) is 3. The third-order valence-corrected chi connectivity index (χ3v) is 5.03. The van der Waals surface area contributed by atoms with Crippen LogP contribution in [0.15, 0.2) is 46.0 Å². The zero-order valence-electron chi connectivity index (χ0n) is 17.9. The Hall–Kier alpha value is -3.52. The highest BCUT2D eigenvalue weighted by Crippen LogP contribution is 2.35. The molecule has 0 unspecified atom stereocenters. The van der Waals surface area contributed by atoms with Crippen LogP contribution in [0.1, 0.15) is 5.69 Å². The van der Waals surface area contributed by atoms with Crippen LogP contribution in [0.2, 0.25) is 5.02 Å². The van der Waals surface area contributed by atoms with Crippen molar-refractivity contribution in [2.75, 3.05) is 12.9 Å². The van der Waals surface area contributed by atoms with E-state index >= 15 is 0 Å². The maximum absolute atomic E-state index is 14.6. The first-order chi connectivity index (χ1) is 16.4. The summed E-state index contributed by atoms with van der Waals surface area (Å²) in [6, 6.07) is 6.80. The first kappa shape index (κ1) is 26.1. The van der Waals surface area contributed by atoms with Gasteiger partial charge in [0.15, 0.2) is 29.7 Å². The molecule has 15 heteroatoms. The number of aromatic nitrogens is 3. The summed E-state index contributed by atoms with van der Waals surface area (Å²) in [6.07, 6.45) is -3.35. The number of para-hydroxylation sites is 2. The van der Waals surface area contributed by atoms with Crippen LogP contribution in [0.3, 0.4) is 0 Å². The second-order valence-electron chi connectivity index (χ2n) is 6.69. The van der Waals surface area contributed by atoms with Crippen LogP contribution in [0.5, 0.6) is 17.4 Å². The van der Waals surface area contributed by atoms with Crippen molar-refractivity contribution >= 4 is 29.5 Å². The van der Waals surface area contributed by atoms with Crippen LogP contribution < -0.4 is 25.4 Å². The van der Waals surface area contributed by atoms with Gasteiger partial charge in [-0.1, -0.05) is 35.7 Å². The molecule has 0 aliphatic heterocycles. The minimum atomic E-state index is -5.00. The van der Waals surface area contributed by atoms with Crippen LogP contribution in [0.25, 0.3) is 5.82 Å². The minimum absolute atomic E-state index is 0.0101. The van der Waals surface area contributed by atoms with Crippen molar-refractivity contribution in [1.82, 2.24) is 18.8 Å². The maximum Gasteiger partial charge on any atom is 0.431 e. The Labute approximate surface area is 203 Å². The number of rotatable bonds is 7. The summed E-state index contributed by atoms with van der Waals surface area (Å²) in [5, 5.41) is -0.377. The number of carbonyl (C=O) groups is 1. The molecule has 0 saturated heterocycles. The van der Waals surface area contributed by atoms with Crippen LogP contribution in [-0.2, 0) is 18.0 Å². The standard InChI is InChI=1S/C20H15ClF4N4O5S/c1-28-14(20(23,24)25)8-16(31)29(19(28)32)17-11(22)7-10(21)18(26-17)34-13-6-4-3-5-12(13)33-9-15(30)27-35-2/h3-8H,9H2,1-2H3,(H,27,30). The number of carbonyl (C=O) groups excluding carboxylic acids is 1. The molecule has 0 spiro atoms. The SMILES string of the molecule is CSNC(=O)COc1ccccc1Oc1nc(-n2c(=O)cc(C(F)(F)F)n(C)c2=O)c(F)cc1Cl. The van der Waals surface area contributed by atoms with Crippen LogP contribution >= 0.6 is 23.5 Å². The highest BCUT2D eigenvalue weighted by molar-refractivity contribution is 7.97. The van der Waals surface area contributed by atoms with Gasteiger partial charge in [0, 0.05) is 25.4 Å². The number of ether oxygens (including phenoxy) is 2. The van der Waals surface area contributed by atoms with Gasteiger partial charge in [0.25, 0.3) is 11.5 Å². The van der Waals surface area contributed by atoms with Crippen molar-refractivity contribution in [2.24, 2.45) is 7.05 Å². The third kappa shape index (κ3) is 5.77. The molecule has 2 aromatic heterocycles. The van der Waals surface area contributed by atoms with E-state index in [0.29, 0.717) is 6.07 Å². The van der Waals surface area contributed by atoms with E-state index < -0.39 is 46.5 Å². The number of hydrogen-bond donors (Lipinski definition) is 1. The number of benzene rings is 1. The van der Waals surface area contributed by atoms with Crippen molar-refractivity contribution in [3.05, 3.63) is 73.8 Å². The predicted molar refractivity (Wildman–Crippen MR) is 119 cm³/mol. The molecule has 0 saturated carbocycles. The Morgan fingerprint density at radius 2 is 1.86 bits per heavy atom. The van der Waals surface area contributed by atoms with E-state index in [9.17, 15) is 31.9 Å². The molecule has 1 N–H and O–H groups in total. The average molecular weight is 535 g/mol. The molecule has 186 valence electrons. The second kappa shape index (κ2) is 10.4. The largest absolute Gasteiger partial charge is 0.480 e. The van der Waals surface area contributed by atoms with E-state index in [4.69, 9.17) is 21.1 Å². The molecule has 0 bridgehead atoms. The van der Waals surface area contributed by atoms with Crippen molar-refractivity contribution in [2.45, 2.75) is 6.18 Å². The second-order valence-corrected chi connectivity index (χ2v) is 7.71. The maximum atomic E-state index is 14.6. The van der Waals surface area contributed by atoms with E-state index in [1.165, 1.54) is 12.1 Å². The lowest BCUT2D eigenvalue weighted by atomic mass is 10.3. The number of halogens is 5. The van der Waals surface area contributed by atoms with Gasteiger partial charge in [0.2, 0.25) is 5.88 Å². The fourth-order valence-corrected chi connectivity index (χ4v) is 3.27. The highest BCUT2D eigenvalue weighted by atomic mass is 35.5. The van der Waals surface area contributed by atoms with E-state index in [1.54, 1.807) is 18.4 Å². The Bertz CT molecular complexity index is 1390. The first-order valence-corrected chi connectivity index (χ1v) is 11.0. The van der Waals surface area contributed by atoms with Crippen molar-refractivity contribution in [3.63, 3.8) is 0 Å². The molecule has 0 atom stereocenters. The normalized spacial score (nSPS) is 11.3. The summed E-state index contributed by atoms with van der Waals surface area (Å²) in [4.78, 5) is 40.2. The van der Waals surface area contributed by atoms with Gasteiger partial charge in [-0.25, -0.2) is 13.8 Å². The lowest BCUT2D eigenvalue weighted by molar-refractivity contribution is -0.144. The molecule has 35 heavy (non-hydrogen) atoms. The van der Waals surface area contributed by atoms with E-state index in [1.807, 2.05) is 0 Å². The lowest BCUT2D eigenvalue weighted by Crippen LogP contribution is -2.41. The van der Waals surface area contributed by atoms with E-state index in [0.717, 1.165) is 19.0 Å². The van der Waals surface area contributed by atoms with Gasteiger partial charge >= 0.3 is 11.9 Å². The minimum Gasteiger partial charge on any atom is -0.480 e. The molecule has 2 heterocycles. The number of amides is 1. The molecule has 0 radical (unpaired) electrons. The van der Waals surface area contributed by atoms with Gasteiger partial charge in [0.1, 0.15) is 10.7 Å². The molecule has 0 aliphatic rings. The molecule has 1 aromatic carbocycles. The summed E-state index contributed by atoms with van der Waals surface area (Å²) in [7, 11) is 0.771. The third-order valence-electron chi connectivity index (χ3n) is 4.33. The van der Waals surface area contributed by atoms with Crippen molar-refractivity contribution in [3.8, 4) is 23.2 Å². The van der Waals surface area contributed by atoms with E-state index in [2.05, 4.69) is 9.71 Å². The Morgan fingerprint density at radius 1 is 1.20 bits per heavy atom. The zero-order chi connectivity index (χ0) is 25.9. The zero-order valence-corrected chi connectivity index (χ0v) is 19.4. The van der Waals surface area contributed by atoms with Gasteiger partial charge in [-0.15, -0.1) is 0 Å². The van der Waals surface area contributed by atoms with Crippen LogP contribution in [-0.4, -0.2) is 32.9 Å². The predicted octanol–water partition coefficient (Wildman–Crippen LogP) is 3.31. The number of hydrogen-bond acceptors (Lipinski definition) is 7. The Kier molecular flexibility index (Phi) is 7.75. The molecular weight excluding hydrogens is 520 g/mol. The first-order valence-electron chi connectivity index (χ1n) is 9.42. The van der Waals surface area contributed by atoms with Gasteiger partial charge in [-0.3, -0.25) is 18.9 Å². The monoisotopic (exact) mass is 534 g/mol. The molecule has 0 aliphatic carbocycles. The van der Waals surface area contributed by atoms with E-state index in [-0.39, 0.29) is 38.3 Å². The van der Waals surface area contributed by atoms with Gasteiger partial charge in [-0.05, 0) is 12.1 Å². The smallest absolute Gasteiger partial charge is 0.431 e. The Balaban J connectivity index is 2.05. The molecule has 1 amide bonds. The van der Waals surface area contributed by atoms with Gasteiger partial charge < -0.3 is 9.47 Å². The van der Waals surface area contributed by atoms with Crippen molar-refractivity contribution < 1.29 is 31.8 Å². The van der Waals surface area contributed by atoms with Crippen LogP contribution in [0, 0.1) is 5.82 Å². The summed E-state index contributed by atoms with van der Waals surface area (Å²) in [5.74, 6) is -3.05. The quantitative estimate of drug-likeness (QED) is 0.366. The molecule has 9 nitrogen and oxygen atoms in total. The molecule has 0 fully saturated rings. The number of nitrogens with one attached hydrogen (secondary N) is 1. The van der Waals surface area contributed by atoms with Gasteiger partial charge in [-0.2, -0.15) is 18.2 Å².